The van der Waals surface area contributed by atoms with Crippen LogP contribution in [0.5, 0.6) is 0 Å². The Kier molecular flexibility index (Phi) is 3.22. The van der Waals surface area contributed by atoms with Gasteiger partial charge in [-0.2, -0.15) is 0 Å². The minimum absolute atomic E-state index is 0.197. The molecule has 0 aromatic heterocycles. The summed E-state index contributed by atoms with van der Waals surface area (Å²) in [6, 6.07) is 6.44. The molecule has 0 atom stereocenters. The van der Waals surface area contributed by atoms with Crippen LogP contribution in [0.4, 0.5) is 4.39 Å². The van der Waals surface area contributed by atoms with E-state index < -0.39 is 8.32 Å². The second-order valence-corrected chi connectivity index (χ2v) is 8.54. The summed E-state index contributed by atoms with van der Waals surface area (Å²) < 4.78 is 18.2. The second-order valence-electron chi connectivity index (χ2n) is 4.03. The van der Waals surface area contributed by atoms with E-state index in [9.17, 15) is 4.39 Å². The Hall–Kier alpha value is -0.673. The van der Waals surface area contributed by atoms with Crippen molar-refractivity contribution in [2.24, 2.45) is 0 Å². The molecule has 72 valence electrons. The lowest BCUT2D eigenvalue weighted by Crippen LogP contribution is -2.24. The van der Waals surface area contributed by atoms with Crippen LogP contribution >= 0.6 is 0 Å². The van der Waals surface area contributed by atoms with Crippen molar-refractivity contribution in [1.82, 2.24) is 0 Å². The van der Waals surface area contributed by atoms with E-state index in [4.69, 9.17) is 4.43 Å². The van der Waals surface area contributed by atoms with Gasteiger partial charge in [0.25, 0.3) is 0 Å². The molecule has 0 fully saturated rings. The fraction of sp³-hybridized carbons (Fsp3) is 0.400. The summed E-state index contributed by atoms with van der Waals surface area (Å²) in [7, 11) is -1.45. The third kappa shape index (κ3) is 4.19. The van der Waals surface area contributed by atoms with Gasteiger partial charge in [0.1, 0.15) is 5.82 Å². The Labute approximate surface area is 79.7 Å². The second kappa shape index (κ2) is 4.02. The van der Waals surface area contributed by atoms with Crippen LogP contribution in [0.1, 0.15) is 5.56 Å². The van der Waals surface area contributed by atoms with Crippen molar-refractivity contribution in [2.45, 2.75) is 26.2 Å². The lowest BCUT2D eigenvalue weighted by Gasteiger charge is -2.16. The predicted octanol–water partition coefficient (Wildman–Crippen LogP) is 3.18. The SMILES string of the molecule is C[Si](C)(C)OCc1ccc(F)cc1. The van der Waals surface area contributed by atoms with Gasteiger partial charge in [0.15, 0.2) is 8.32 Å². The number of halogens is 1. The fourth-order valence-electron chi connectivity index (χ4n) is 0.880. The molecule has 0 N–H and O–H groups in total. The first-order valence-electron chi connectivity index (χ1n) is 4.36. The first-order valence-corrected chi connectivity index (χ1v) is 7.76. The van der Waals surface area contributed by atoms with Crippen LogP contribution in [-0.4, -0.2) is 8.32 Å². The standard InChI is InChI=1S/C10H15FOSi/c1-13(2,3)12-8-9-4-6-10(11)7-5-9/h4-7H,8H2,1-3H3. The van der Waals surface area contributed by atoms with Crippen LogP contribution in [0.3, 0.4) is 0 Å². The third-order valence-electron chi connectivity index (χ3n) is 1.59. The highest BCUT2D eigenvalue weighted by Gasteiger charge is 2.13. The Morgan fingerprint density at radius 1 is 1.15 bits per heavy atom. The summed E-state index contributed by atoms with van der Waals surface area (Å²) in [6.07, 6.45) is 0. The van der Waals surface area contributed by atoms with Gasteiger partial charge in [-0.3, -0.25) is 0 Å². The molecule has 0 bridgehead atoms. The molecular weight excluding hydrogens is 183 g/mol. The molecule has 0 spiro atoms. The maximum absolute atomic E-state index is 12.5. The van der Waals surface area contributed by atoms with E-state index in [0.717, 1.165) is 5.56 Å². The summed E-state index contributed by atoms with van der Waals surface area (Å²) in [5.41, 5.74) is 1.03. The lowest BCUT2D eigenvalue weighted by atomic mass is 10.2. The zero-order valence-electron chi connectivity index (χ0n) is 8.30. The molecule has 1 rings (SSSR count). The molecule has 1 aromatic carbocycles. The normalized spacial score (nSPS) is 11.7. The smallest absolute Gasteiger partial charge is 0.184 e. The summed E-state index contributed by atoms with van der Waals surface area (Å²) in [5.74, 6) is -0.197. The third-order valence-corrected chi connectivity index (χ3v) is 2.60. The molecule has 1 aromatic rings. The average molecular weight is 198 g/mol. The van der Waals surface area contributed by atoms with Crippen molar-refractivity contribution < 1.29 is 8.82 Å². The van der Waals surface area contributed by atoms with Crippen molar-refractivity contribution in [3.8, 4) is 0 Å². The molecule has 0 aliphatic carbocycles. The van der Waals surface area contributed by atoms with Crippen LogP contribution in [0.2, 0.25) is 19.6 Å². The Morgan fingerprint density at radius 2 is 1.69 bits per heavy atom. The van der Waals surface area contributed by atoms with E-state index in [1.54, 1.807) is 12.1 Å². The number of benzene rings is 1. The maximum atomic E-state index is 12.5. The van der Waals surface area contributed by atoms with Crippen molar-refractivity contribution >= 4 is 8.32 Å². The zero-order valence-corrected chi connectivity index (χ0v) is 9.30. The molecule has 0 aliphatic heterocycles. The quantitative estimate of drug-likeness (QED) is 0.678. The van der Waals surface area contributed by atoms with E-state index >= 15 is 0 Å². The first-order chi connectivity index (χ1) is 5.97. The summed E-state index contributed by atoms with van der Waals surface area (Å²) >= 11 is 0. The van der Waals surface area contributed by atoms with Crippen LogP contribution < -0.4 is 0 Å². The highest BCUT2D eigenvalue weighted by Crippen LogP contribution is 2.09. The summed E-state index contributed by atoms with van der Waals surface area (Å²) in [5, 5.41) is 0. The van der Waals surface area contributed by atoms with Gasteiger partial charge >= 0.3 is 0 Å². The number of rotatable bonds is 3. The fourth-order valence-corrected chi connectivity index (χ4v) is 1.48. The van der Waals surface area contributed by atoms with Gasteiger partial charge in [0.2, 0.25) is 0 Å². The van der Waals surface area contributed by atoms with Gasteiger partial charge in [-0.25, -0.2) is 4.39 Å². The van der Waals surface area contributed by atoms with Crippen LogP contribution in [-0.2, 0) is 11.0 Å². The van der Waals surface area contributed by atoms with Gasteiger partial charge in [0.05, 0.1) is 6.61 Å². The molecule has 1 nitrogen and oxygen atoms in total. The molecule has 13 heavy (non-hydrogen) atoms. The Bertz CT molecular complexity index is 263. The highest BCUT2D eigenvalue weighted by atomic mass is 28.4. The van der Waals surface area contributed by atoms with Crippen LogP contribution in [0.25, 0.3) is 0 Å². The first kappa shape index (κ1) is 10.4. The largest absolute Gasteiger partial charge is 0.413 e. The van der Waals surface area contributed by atoms with Crippen LogP contribution in [0.15, 0.2) is 24.3 Å². The van der Waals surface area contributed by atoms with E-state index in [1.165, 1.54) is 12.1 Å². The molecular formula is C10H15FOSi. The predicted molar refractivity (Wildman–Crippen MR) is 54.5 cm³/mol. The minimum Gasteiger partial charge on any atom is -0.413 e. The molecule has 0 heterocycles. The Balaban J connectivity index is 2.51. The van der Waals surface area contributed by atoms with Gasteiger partial charge in [-0.05, 0) is 37.3 Å². The van der Waals surface area contributed by atoms with E-state index in [2.05, 4.69) is 19.6 Å². The lowest BCUT2D eigenvalue weighted by molar-refractivity contribution is 0.299. The summed E-state index contributed by atoms with van der Waals surface area (Å²) in [4.78, 5) is 0. The van der Waals surface area contributed by atoms with E-state index in [-0.39, 0.29) is 5.82 Å². The molecule has 0 amide bonds. The average Bonchev–Trinajstić information content (AvgIpc) is 2.02. The number of hydrogen-bond donors (Lipinski definition) is 0. The summed E-state index contributed by atoms with van der Waals surface area (Å²) in [6.45, 7) is 7.00. The minimum atomic E-state index is -1.45. The van der Waals surface area contributed by atoms with Crippen molar-refractivity contribution in [3.63, 3.8) is 0 Å². The topological polar surface area (TPSA) is 9.23 Å². The van der Waals surface area contributed by atoms with E-state index in [0.29, 0.717) is 6.61 Å². The van der Waals surface area contributed by atoms with Gasteiger partial charge in [-0.1, -0.05) is 12.1 Å². The number of hydrogen-bond acceptors (Lipinski definition) is 1. The van der Waals surface area contributed by atoms with Gasteiger partial charge in [-0.15, -0.1) is 0 Å². The van der Waals surface area contributed by atoms with Crippen molar-refractivity contribution in [3.05, 3.63) is 35.6 Å². The molecule has 0 saturated heterocycles. The zero-order chi connectivity index (χ0) is 9.90. The molecule has 0 saturated carbocycles. The molecule has 0 unspecified atom stereocenters. The molecule has 3 heteroatoms. The molecule has 0 aliphatic rings. The van der Waals surface area contributed by atoms with Gasteiger partial charge < -0.3 is 4.43 Å². The molecule has 0 radical (unpaired) electrons. The van der Waals surface area contributed by atoms with E-state index in [1.807, 2.05) is 0 Å². The maximum Gasteiger partial charge on any atom is 0.184 e. The van der Waals surface area contributed by atoms with Crippen LogP contribution in [0, 0.1) is 5.82 Å². The Morgan fingerprint density at radius 3 is 2.15 bits per heavy atom. The van der Waals surface area contributed by atoms with Crippen molar-refractivity contribution in [2.75, 3.05) is 0 Å². The highest BCUT2D eigenvalue weighted by molar-refractivity contribution is 6.69. The van der Waals surface area contributed by atoms with Gasteiger partial charge in [0, 0.05) is 0 Å². The monoisotopic (exact) mass is 198 g/mol. The van der Waals surface area contributed by atoms with Crippen molar-refractivity contribution in [1.29, 1.82) is 0 Å².